The van der Waals surface area contributed by atoms with E-state index in [-0.39, 0.29) is 23.3 Å². The lowest BCUT2D eigenvalue weighted by atomic mass is 9.73. The van der Waals surface area contributed by atoms with Crippen LogP contribution in [-0.4, -0.2) is 23.3 Å². The van der Waals surface area contributed by atoms with Crippen LogP contribution in [0, 0.1) is 5.92 Å². The van der Waals surface area contributed by atoms with Crippen LogP contribution in [0.5, 0.6) is 11.5 Å². The van der Waals surface area contributed by atoms with Crippen LogP contribution in [0.2, 0.25) is 0 Å². The van der Waals surface area contributed by atoms with Gasteiger partial charge in [0.2, 0.25) is 0 Å². The van der Waals surface area contributed by atoms with Crippen molar-refractivity contribution in [3.8, 4) is 11.5 Å². The average Bonchev–Trinajstić information content (AvgIpc) is 2.61. The molecule has 0 fully saturated rings. The van der Waals surface area contributed by atoms with Crippen LogP contribution in [0.3, 0.4) is 0 Å². The Morgan fingerprint density at radius 1 is 1.15 bits per heavy atom. The molecule has 0 saturated heterocycles. The fraction of sp³-hybridized carbons (Fsp3) is 0.583. The summed E-state index contributed by atoms with van der Waals surface area (Å²) in [5.74, 6) is 0.661. The molecule has 1 aromatic carbocycles. The van der Waals surface area contributed by atoms with Gasteiger partial charge < -0.3 is 15.5 Å². The smallest absolute Gasteiger partial charge is 0.123 e. The van der Waals surface area contributed by atoms with Crippen LogP contribution in [0.15, 0.2) is 35.9 Å². The summed E-state index contributed by atoms with van der Waals surface area (Å²) in [4.78, 5) is 0. The van der Waals surface area contributed by atoms with E-state index in [1.54, 1.807) is 0 Å². The van der Waals surface area contributed by atoms with Crippen molar-refractivity contribution >= 4 is 0 Å². The Morgan fingerprint density at radius 2 is 1.85 bits per heavy atom. The normalized spacial score (nSPS) is 19.7. The number of hydrogen-bond acceptors (Lipinski definition) is 3. The number of aryl methyl sites for hydroxylation is 1. The first kappa shape index (κ1) is 21.6. The van der Waals surface area contributed by atoms with Gasteiger partial charge in [0.15, 0.2) is 0 Å². The van der Waals surface area contributed by atoms with Crippen LogP contribution in [0.1, 0.15) is 76.3 Å². The molecule has 0 aromatic heterocycles. The number of hydrogen-bond donors (Lipinski definition) is 3. The van der Waals surface area contributed by atoms with Gasteiger partial charge in [-0.15, -0.1) is 0 Å². The van der Waals surface area contributed by atoms with Crippen molar-refractivity contribution in [3.63, 3.8) is 0 Å². The predicted octanol–water partition coefficient (Wildman–Crippen LogP) is 5.83. The lowest BCUT2D eigenvalue weighted by Crippen LogP contribution is -2.26. The molecule has 1 unspecified atom stereocenters. The lowest BCUT2D eigenvalue weighted by molar-refractivity contribution is 0.402. The van der Waals surface area contributed by atoms with Gasteiger partial charge in [-0.1, -0.05) is 50.5 Å². The summed E-state index contributed by atoms with van der Waals surface area (Å²) in [6.07, 6.45) is 9.68. The molecule has 0 amide bonds. The summed E-state index contributed by atoms with van der Waals surface area (Å²) in [6.45, 7) is 12.6. The average molecular weight is 372 g/mol. The number of unbranched alkanes of at least 4 members (excludes halogenated alkanes) is 2. The molecule has 0 heterocycles. The third-order valence-corrected chi connectivity index (χ3v) is 5.65. The number of aromatic hydroxyl groups is 2. The van der Waals surface area contributed by atoms with Crippen molar-refractivity contribution in [2.45, 2.75) is 71.6 Å². The molecule has 0 radical (unpaired) electrons. The van der Waals surface area contributed by atoms with Gasteiger partial charge in [0, 0.05) is 18.0 Å². The molecule has 0 aliphatic heterocycles. The highest BCUT2D eigenvalue weighted by Crippen LogP contribution is 2.46. The Labute approximate surface area is 165 Å². The molecule has 2 atom stereocenters. The largest absolute Gasteiger partial charge is 0.507 e. The summed E-state index contributed by atoms with van der Waals surface area (Å²) in [5, 5.41) is 24.9. The number of phenolic OH excluding ortho intramolecular Hbond substituents is 2. The molecule has 3 nitrogen and oxygen atoms in total. The first-order valence-corrected chi connectivity index (χ1v) is 10.6. The number of allylic oxidation sites excluding steroid dienone is 2. The van der Waals surface area contributed by atoms with Gasteiger partial charge in [-0.25, -0.2) is 0 Å². The van der Waals surface area contributed by atoms with Crippen LogP contribution in [0.4, 0.5) is 0 Å². The van der Waals surface area contributed by atoms with E-state index in [0.717, 1.165) is 62.8 Å². The third kappa shape index (κ3) is 5.87. The number of nitrogens with one attached hydrogen (secondary N) is 1. The second-order valence-corrected chi connectivity index (χ2v) is 8.02. The monoisotopic (exact) mass is 371 g/mol. The molecule has 0 saturated carbocycles. The van der Waals surface area contributed by atoms with Crippen LogP contribution >= 0.6 is 0 Å². The highest BCUT2D eigenvalue weighted by molar-refractivity contribution is 5.52. The standard InChI is InChI=1S/C24H37NO2/c1-5-7-8-9-19-14-22(26)24(23(27)15-19)21-13-17(3)10-11-20(21)18(4)16-25-12-6-2/h13-15,20-21,25-27H,4-12,16H2,1-3H3/t20-,21?/m0/s1. The molecule has 1 aliphatic carbocycles. The maximum Gasteiger partial charge on any atom is 0.123 e. The Hall–Kier alpha value is -1.74. The molecule has 0 bridgehead atoms. The SMILES string of the molecule is C=C(CNCCC)[C@@H]1CCC(C)=CC1c1c(O)cc(CCCCC)cc1O. The van der Waals surface area contributed by atoms with Crippen molar-refractivity contribution in [1.82, 2.24) is 5.32 Å². The number of benzene rings is 1. The zero-order chi connectivity index (χ0) is 19.8. The van der Waals surface area contributed by atoms with E-state index in [9.17, 15) is 10.2 Å². The maximum atomic E-state index is 10.7. The first-order valence-electron chi connectivity index (χ1n) is 10.6. The quantitative estimate of drug-likeness (QED) is 0.358. The van der Waals surface area contributed by atoms with Gasteiger partial charge in [-0.05, 0) is 69.2 Å². The predicted molar refractivity (Wildman–Crippen MR) is 115 cm³/mol. The second kappa shape index (κ2) is 10.6. The minimum Gasteiger partial charge on any atom is -0.507 e. The summed E-state index contributed by atoms with van der Waals surface area (Å²) >= 11 is 0. The Bertz CT molecular complexity index is 639. The Balaban J connectivity index is 2.25. The van der Waals surface area contributed by atoms with E-state index < -0.39 is 0 Å². The third-order valence-electron chi connectivity index (χ3n) is 5.65. The summed E-state index contributed by atoms with van der Waals surface area (Å²) in [5.41, 5.74) is 4.15. The van der Waals surface area contributed by atoms with E-state index in [0.29, 0.717) is 5.56 Å². The van der Waals surface area contributed by atoms with Crippen molar-refractivity contribution in [2.75, 3.05) is 13.1 Å². The second-order valence-electron chi connectivity index (χ2n) is 8.02. The highest BCUT2D eigenvalue weighted by atomic mass is 16.3. The van der Waals surface area contributed by atoms with Gasteiger partial charge in [0.05, 0.1) is 0 Å². The Kier molecular flexibility index (Phi) is 8.43. The van der Waals surface area contributed by atoms with E-state index in [4.69, 9.17) is 0 Å². The zero-order valence-electron chi connectivity index (χ0n) is 17.4. The van der Waals surface area contributed by atoms with Gasteiger partial charge in [-0.3, -0.25) is 0 Å². The fourth-order valence-corrected chi connectivity index (χ4v) is 4.11. The molecule has 2 rings (SSSR count). The van der Waals surface area contributed by atoms with E-state index in [1.165, 1.54) is 12.0 Å². The van der Waals surface area contributed by atoms with Crippen molar-refractivity contribution in [3.05, 3.63) is 47.1 Å². The van der Waals surface area contributed by atoms with Crippen LogP contribution < -0.4 is 5.32 Å². The lowest BCUT2D eigenvalue weighted by Gasteiger charge is -2.32. The van der Waals surface area contributed by atoms with Crippen molar-refractivity contribution in [2.24, 2.45) is 5.92 Å². The number of phenols is 2. The fourth-order valence-electron chi connectivity index (χ4n) is 4.11. The molecule has 3 heteroatoms. The van der Waals surface area contributed by atoms with Gasteiger partial charge in [0.1, 0.15) is 11.5 Å². The molecule has 3 N–H and O–H groups in total. The number of rotatable bonds is 10. The minimum atomic E-state index is -0.0145. The van der Waals surface area contributed by atoms with Gasteiger partial charge in [-0.2, -0.15) is 0 Å². The van der Waals surface area contributed by atoms with E-state index in [2.05, 4.69) is 38.7 Å². The molecular formula is C24H37NO2. The molecule has 27 heavy (non-hydrogen) atoms. The Morgan fingerprint density at radius 3 is 2.48 bits per heavy atom. The molecule has 1 aliphatic rings. The van der Waals surface area contributed by atoms with Crippen molar-refractivity contribution in [1.29, 1.82) is 0 Å². The molecule has 1 aromatic rings. The maximum absolute atomic E-state index is 10.7. The molecule has 0 spiro atoms. The topological polar surface area (TPSA) is 52.5 Å². The van der Waals surface area contributed by atoms with E-state index in [1.807, 2.05) is 12.1 Å². The van der Waals surface area contributed by atoms with Crippen molar-refractivity contribution < 1.29 is 10.2 Å². The summed E-state index contributed by atoms with van der Waals surface area (Å²) in [7, 11) is 0. The minimum absolute atomic E-state index is 0.0145. The zero-order valence-corrected chi connectivity index (χ0v) is 17.4. The molecule has 150 valence electrons. The summed E-state index contributed by atoms with van der Waals surface area (Å²) in [6, 6.07) is 3.69. The van der Waals surface area contributed by atoms with Gasteiger partial charge in [0.25, 0.3) is 0 Å². The van der Waals surface area contributed by atoms with E-state index >= 15 is 0 Å². The highest BCUT2D eigenvalue weighted by Gasteiger charge is 2.31. The summed E-state index contributed by atoms with van der Waals surface area (Å²) < 4.78 is 0. The van der Waals surface area contributed by atoms with Crippen LogP contribution in [0.25, 0.3) is 0 Å². The first-order chi connectivity index (χ1) is 13.0. The van der Waals surface area contributed by atoms with Gasteiger partial charge >= 0.3 is 0 Å². The molecular weight excluding hydrogens is 334 g/mol. The van der Waals surface area contributed by atoms with Crippen LogP contribution in [-0.2, 0) is 6.42 Å².